The molecule has 0 saturated carbocycles. The SMILES string of the molecule is NC(=O)c1c[c]nc2c(-c3ccc(F)cc3)n[nH]c12. The smallest absolute Gasteiger partial charge is 0.251 e. The van der Waals surface area contributed by atoms with Crippen LogP contribution in [0.25, 0.3) is 22.3 Å². The molecule has 0 saturated heterocycles. The number of amides is 1. The number of aromatic amines is 1. The minimum absolute atomic E-state index is 0.269. The lowest BCUT2D eigenvalue weighted by atomic mass is 10.1. The predicted molar refractivity (Wildman–Crippen MR) is 66.6 cm³/mol. The van der Waals surface area contributed by atoms with E-state index in [1.165, 1.54) is 18.2 Å². The van der Waals surface area contributed by atoms with Gasteiger partial charge in [0.25, 0.3) is 5.91 Å². The number of nitrogens with zero attached hydrogens (tertiary/aromatic N) is 2. The molecule has 2 heterocycles. The molecule has 5 nitrogen and oxygen atoms in total. The Morgan fingerprint density at radius 1 is 1.32 bits per heavy atom. The molecule has 0 spiro atoms. The number of halogens is 1. The summed E-state index contributed by atoms with van der Waals surface area (Å²) in [6, 6.07) is 7.24. The van der Waals surface area contributed by atoms with E-state index in [1.54, 1.807) is 12.1 Å². The molecule has 3 rings (SSSR count). The average Bonchev–Trinajstić information content (AvgIpc) is 2.83. The molecule has 93 valence electrons. The number of pyridine rings is 1. The van der Waals surface area contributed by atoms with Crippen LogP contribution in [0.2, 0.25) is 0 Å². The van der Waals surface area contributed by atoms with Crippen molar-refractivity contribution in [3.05, 3.63) is 47.9 Å². The van der Waals surface area contributed by atoms with E-state index in [0.29, 0.717) is 22.3 Å². The van der Waals surface area contributed by atoms with Gasteiger partial charge >= 0.3 is 0 Å². The maximum Gasteiger partial charge on any atom is 0.251 e. The Hall–Kier alpha value is -2.76. The van der Waals surface area contributed by atoms with Gasteiger partial charge in [-0.15, -0.1) is 0 Å². The minimum atomic E-state index is -0.585. The molecule has 3 aromatic rings. The first-order chi connectivity index (χ1) is 9.16. The normalized spacial score (nSPS) is 10.8. The van der Waals surface area contributed by atoms with Crippen molar-refractivity contribution < 1.29 is 9.18 Å². The summed E-state index contributed by atoms with van der Waals surface area (Å²) in [6.45, 7) is 0. The molecule has 19 heavy (non-hydrogen) atoms. The number of benzene rings is 1. The van der Waals surface area contributed by atoms with Crippen LogP contribution < -0.4 is 5.73 Å². The van der Waals surface area contributed by atoms with E-state index in [1.807, 2.05) is 0 Å². The molecule has 0 fully saturated rings. The van der Waals surface area contributed by atoms with Crippen LogP contribution in [0.1, 0.15) is 10.4 Å². The van der Waals surface area contributed by atoms with Crippen molar-refractivity contribution in [3.63, 3.8) is 0 Å². The third-order valence-electron chi connectivity index (χ3n) is 2.78. The van der Waals surface area contributed by atoms with Crippen molar-refractivity contribution in [1.29, 1.82) is 0 Å². The molecule has 1 aromatic carbocycles. The zero-order chi connectivity index (χ0) is 13.4. The number of fused-ring (bicyclic) bond motifs is 1. The fourth-order valence-corrected chi connectivity index (χ4v) is 1.87. The first-order valence-electron chi connectivity index (χ1n) is 5.47. The summed E-state index contributed by atoms with van der Waals surface area (Å²) in [5, 5.41) is 6.82. The number of hydrogen-bond acceptors (Lipinski definition) is 3. The van der Waals surface area contributed by atoms with Crippen LogP contribution in [0.5, 0.6) is 0 Å². The summed E-state index contributed by atoms with van der Waals surface area (Å²) in [6.07, 6.45) is 2.61. The molecular formula is C13H8FN4O. The topological polar surface area (TPSA) is 84.7 Å². The molecule has 0 bridgehead atoms. The largest absolute Gasteiger partial charge is 0.366 e. The lowest BCUT2D eigenvalue weighted by molar-refractivity contribution is 0.100. The molecule has 0 unspecified atom stereocenters. The average molecular weight is 255 g/mol. The highest BCUT2D eigenvalue weighted by molar-refractivity contribution is 6.06. The summed E-state index contributed by atoms with van der Waals surface area (Å²) in [7, 11) is 0. The van der Waals surface area contributed by atoms with Crippen LogP contribution in [0.3, 0.4) is 0 Å². The number of H-pyrrole nitrogens is 1. The quantitative estimate of drug-likeness (QED) is 0.730. The fourth-order valence-electron chi connectivity index (χ4n) is 1.87. The second-order valence-electron chi connectivity index (χ2n) is 3.97. The van der Waals surface area contributed by atoms with E-state index in [-0.39, 0.29) is 11.4 Å². The summed E-state index contributed by atoms with van der Waals surface area (Å²) in [5.74, 6) is -0.918. The number of carbonyl (C=O) groups excluding carboxylic acids is 1. The second-order valence-corrected chi connectivity index (χ2v) is 3.97. The number of carbonyl (C=O) groups is 1. The van der Waals surface area contributed by atoms with Crippen LogP contribution in [0.4, 0.5) is 4.39 Å². The Labute approximate surface area is 107 Å². The van der Waals surface area contributed by atoms with Gasteiger partial charge in [0.2, 0.25) is 0 Å². The number of primary amides is 1. The Morgan fingerprint density at radius 3 is 2.74 bits per heavy atom. The molecule has 0 aliphatic rings. The van der Waals surface area contributed by atoms with E-state index in [2.05, 4.69) is 21.4 Å². The van der Waals surface area contributed by atoms with Gasteiger partial charge < -0.3 is 5.73 Å². The predicted octanol–water partition coefficient (Wildman–Crippen LogP) is 1.66. The molecule has 6 heteroatoms. The standard InChI is InChI=1S/C13H8FN4O/c14-8-3-1-7(2-4-8)10-12-11(18-17-10)9(13(15)19)5-6-16-12/h1-5H,(H2,15,19)(H,17,18). The number of rotatable bonds is 2. The van der Waals surface area contributed by atoms with Crippen LogP contribution in [-0.2, 0) is 0 Å². The van der Waals surface area contributed by atoms with Crippen molar-refractivity contribution >= 4 is 16.9 Å². The van der Waals surface area contributed by atoms with Gasteiger partial charge in [-0.1, -0.05) is 0 Å². The maximum absolute atomic E-state index is 12.9. The summed E-state index contributed by atoms with van der Waals surface area (Å²) in [4.78, 5) is 15.3. The zero-order valence-corrected chi connectivity index (χ0v) is 9.64. The number of nitrogens with two attached hydrogens (primary N) is 1. The fraction of sp³-hybridized carbons (Fsp3) is 0. The van der Waals surface area contributed by atoms with Gasteiger partial charge in [0.1, 0.15) is 17.0 Å². The highest BCUT2D eigenvalue weighted by Crippen LogP contribution is 2.26. The van der Waals surface area contributed by atoms with Gasteiger partial charge in [0.15, 0.2) is 0 Å². The Kier molecular flexibility index (Phi) is 2.49. The first-order valence-corrected chi connectivity index (χ1v) is 5.47. The zero-order valence-electron chi connectivity index (χ0n) is 9.64. The van der Waals surface area contributed by atoms with Gasteiger partial charge in [-0.25, -0.2) is 9.37 Å². The van der Waals surface area contributed by atoms with Crippen LogP contribution in [-0.4, -0.2) is 21.1 Å². The van der Waals surface area contributed by atoms with E-state index in [0.717, 1.165) is 0 Å². The molecule has 2 aromatic heterocycles. The Morgan fingerprint density at radius 2 is 2.05 bits per heavy atom. The molecule has 0 aliphatic heterocycles. The Bertz CT molecular complexity index is 764. The van der Waals surface area contributed by atoms with Crippen LogP contribution in [0, 0.1) is 12.0 Å². The molecule has 1 radical (unpaired) electrons. The number of nitrogens with one attached hydrogen (secondary N) is 1. The third kappa shape index (κ3) is 1.83. The monoisotopic (exact) mass is 255 g/mol. The lowest BCUT2D eigenvalue weighted by Crippen LogP contribution is -2.11. The maximum atomic E-state index is 12.9. The number of hydrogen-bond donors (Lipinski definition) is 2. The van der Waals surface area contributed by atoms with Gasteiger partial charge in [-0.3, -0.25) is 9.89 Å². The van der Waals surface area contributed by atoms with Gasteiger partial charge in [-0.2, -0.15) is 5.10 Å². The van der Waals surface area contributed by atoms with Crippen LogP contribution >= 0.6 is 0 Å². The highest BCUT2D eigenvalue weighted by atomic mass is 19.1. The van der Waals surface area contributed by atoms with Crippen molar-refractivity contribution in [3.8, 4) is 11.3 Å². The molecular weight excluding hydrogens is 247 g/mol. The molecule has 1 amide bonds. The van der Waals surface area contributed by atoms with Crippen molar-refractivity contribution in [2.24, 2.45) is 5.73 Å². The van der Waals surface area contributed by atoms with Crippen molar-refractivity contribution in [1.82, 2.24) is 15.2 Å². The molecule has 0 atom stereocenters. The molecule has 0 aliphatic carbocycles. The van der Waals surface area contributed by atoms with Gasteiger partial charge in [0, 0.05) is 5.56 Å². The second kappa shape index (κ2) is 4.16. The number of aromatic nitrogens is 3. The highest BCUT2D eigenvalue weighted by Gasteiger charge is 2.14. The minimum Gasteiger partial charge on any atom is -0.366 e. The summed E-state index contributed by atoms with van der Waals surface area (Å²) < 4.78 is 12.9. The molecule has 3 N–H and O–H groups in total. The van der Waals surface area contributed by atoms with Gasteiger partial charge in [-0.05, 0) is 30.3 Å². The van der Waals surface area contributed by atoms with E-state index in [4.69, 9.17) is 5.73 Å². The van der Waals surface area contributed by atoms with E-state index < -0.39 is 5.91 Å². The van der Waals surface area contributed by atoms with Crippen molar-refractivity contribution in [2.75, 3.05) is 0 Å². The first kappa shape index (κ1) is 11.3. The van der Waals surface area contributed by atoms with Crippen molar-refractivity contribution in [2.45, 2.75) is 0 Å². The van der Waals surface area contributed by atoms with E-state index in [9.17, 15) is 9.18 Å². The van der Waals surface area contributed by atoms with Gasteiger partial charge in [0.05, 0.1) is 17.3 Å². The third-order valence-corrected chi connectivity index (χ3v) is 2.78. The summed E-state index contributed by atoms with van der Waals surface area (Å²) in [5.41, 5.74) is 7.67. The summed E-state index contributed by atoms with van der Waals surface area (Å²) >= 11 is 0. The van der Waals surface area contributed by atoms with Crippen LogP contribution in [0.15, 0.2) is 30.3 Å². The van der Waals surface area contributed by atoms with E-state index >= 15 is 0 Å². The lowest BCUT2D eigenvalue weighted by Gasteiger charge is -1.98. The Balaban J connectivity index is 2.24.